The molecular weight excluding hydrogens is 345 g/mol. The van der Waals surface area contributed by atoms with Gasteiger partial charge in [-0.25, -0.2) is 0 Å². The average Bonchev–Trinajstić information content (AvgIpc) is 2.99. The van der Waals surface area contributed by atoms with Gasteiger partial charge in [-0.2, -0.15) is 13.2 Å². The zero-order valence-corrected chi connectivity index (χ0v) is 15.0. The van der Waals surface area contributed by atoms with Crippen LogP contribution in [0.25, 0.3) is 0 Å². The smallest absolute Gasteiger partial charge is 0.422 e. The number of aryl methyl sites for hydroxylation is 2. The molecule has 0 aliphatic carbocycles. The number of nitrogens with zero attached hydrogens (tertiary/aromatic N) is 2. The fraction of sp³-hybridized carbons (Fsp3) is 0.389. The van der Waals surface area contributed by atoms with Gasteiger partial charge in [0.25, 0.3) is 0 Å². The number of benzene rings is 1. The van der Waals surface area contributed by atoms with E-state index in [9.17, 15) is 13.2 Å². The first-order chi connectivity index (χ1) is 12.3. The van der Waals surface area contributed by atoms with E-state index in [4.69, 9.17) is 4.74 Å². The number of aliphatic imine (C=N–C) groups is 1. The molecule has 0 unspecified atom stereocenters. The maximum Gasteiger partial charge on any atom is 0.422 e. The van der Waals surface area contributed by atoms with Gasteiger partial charge in [0.2, 0.25) is 0 Å². The highest BCUT2D eigenvalue weighted by atomic mass is 19.4. The molecule has 2 rings (SSSR count). The Labute approximate surface area is 150 Å². The molecule has 2 N–H and O–H groups in total. The quantitative estimate of drug-likeness (QED) is 0.608. The zero-order chi connectivity index (χ0) is 19.2. The van der Waals surface area contributed by atoms with E-state index >= 15 is 0 Å². The maximum atomic E-state index is 12.4. The Morgan fingerprint density at radius 1 is 1.19 bits per heavy atom. The SMILES string of the molecule is CN=C(NCc1ccn(C)c1)NCc1ccc(C)cc1OCC(F)(F)F. The van der Waals surface area contributed by atoms with Crippen molar-refractivity contribution >= 4 is 5.96 Å². The lowest BCUT2D eigenvalue weighted by Gasteiger charge is -2.16. The molecule has 1 aromatic carbocycles. The van der Waals surface area contributed by atoms with Gasteiger partial charge in [-0.1, -0.05) is 12.1 Å². The molecule has 0 fully saturated rings. The first-order valence-electron chi connectivity index (χ1n) is 8.11. The van der Waals surface area contributed by atoms with Gasteiger partial charge in [0.05, 0.1) is 0 Å². The normalized spacial score (nSPS) is 12.2. The van der Waals surface area contributed by atoms with Gasteiger partial charge in [0.15, 0.2) is 12.6 Å². The van der Waals surface area contributed by atoms with Crippen molar-refractivity contribution in [1.29, 1.82) is 0 Å². The van der Waals surface area contributed by atoms with Crippen LogP contribution in [0.2, 0.25) is 0 Å². The number of ether oxygens (including phenoxy) is 1. The third kappa shape index (κ3) is 6.34. The van der Waals surface area contributed by atoms with Gasteiger partial charge in [0.1, 0.15) is 5.75 Å². The van der Waals surface area contributed by atoms with Crippen molar-refractivity contribution < 1.29 is 17.9 Å². The summed E-state index contributed by atoms with van der Waals surface area (Å²) < 4.78 is 44.2. The summed E-state index contributed by atoms with van der Waals surface area (Å²) in [6.45, 7) is 1.37. The van der Waals surface area contributed by atoms with Crippen LogP contribution in [0.5, 0.6) is 5.75 Å². The third-order valence-electron chi connectivity index (χ3n) is 3.64. The standard InChI is InChI=1S/C18H23F3N4O/c1-13-4-5-15(16(8-13)26-12-18(19,20)21)10-24-17(22-2)23-9-14-6-7-25(3)11-14/h4-8,11H,9-10,12H2,1-3H3,(H2,22,23,24). The molecule has 0 amide bonds. The van der Waals surface area contributed by atoms with E-state index in [2.05, 4.69) is 15.6 Å². The monoisotopic (exact) mass is 368 g/mol. The number of halogens is 3. The van der Waals surface area contributed by atoms with Crippen molar-refractivity contribution in [2.75, 3.05) is 13.7 Å². The highest BCUT2D eigenvalue weighted by Gasteiger charge is 2.28. The fourth-order valence-electron chi connectivity index (χ4n) is 2.35. The van der Waals surface area contributed by atoms with E-state index in [1.807, 2.05) is 36.1 Å². The highest BCUT2D eigenvalue weighted by Crippen LogP contribution is 2.23. The molecule has 0 radical (unpaired) electrons. The van der Waals surface area contributed by atoms with Crippen LogP contribution < -0.4 is 15.4 Å². The minimum Gasteiger partial charge on any atom is -0.484 e. The largest absolute Gasteiger partial charge is 0.484 e. The first kappa shape index (κ1) is 19.7. The number of hydrogen-bond donors (Lipinski definition) is 2. The summed E-state index contributed by atoms with van der Waals surface area (Å²) in [6, 6.07) is 7.17. The number of guanidine groups is 1. The molecule has 5 nitrogen and oxygen atoms in total. The summed E-state index contributed by atoms with van der Waals surface area (Å²) in [5.74, 6) is 0.768. The predicted molar refractivity (Wildman–Crippen MR) is 95.2 cm³/mol. The van der Waals surface area contributed by atoms with E-state index in [1.54, 1.807) is 26.1 Å². The van der Waals surface area contributed by atoms with E-state index in [-0.39, 0.29) is 5.75 Å². The molecule has 1 heterocycles. The molecule has 26 heavy (non-hydrogen) atoms. The van der Waals surface area contributed by atoms with Crippen LogP contribution in [-0.4, -0.2) is 30.4 Å². The first-order valence-corrected chi connectivity index (χ1v) is 8.11. The van der Waals surface area contributed by atoms with Gasteiger partial charge in [-0.3, -0.25) is 4.99 Å². The lowest BCUT2D eigenvalue weighted by molar-refractivity contribution is -0.153. The molecule has 0 atom stereocenters. The summed E-state index contributed by atoms with van der Waals surface area (Å²) in [7, 11) is 3.58. The van der Waals surface area contributed by atoms with Crippen LogP contribution in [-0.2, 0) is 20.1 Å². The molecule has 0 spiro atoms. The van der Waals surface area contributed by atoms with Crippen molar-refractivity contribution in [3.63, 3.8) is 0 Å². The van der Waals surface area contributed by atoms with Crippen LogP contribution in [0.15, 0.2) is 41.7 Å². The summed E-state index contributed by atoms with van der Waals surface area (Å²) in [5, 5.41) is 6.25. The molecule has 0 bridgehead atoms. The van der Waals surface area contributed by atoms with Crippen molar-refractivity contribution in [3.05, 3.63) is 53.3 Å². The van der Waals surface area contributed by atoms with Gasteiger partial charge in [-0.05, 0) is 30.2 Å². The Balaban J connectivity index is 1.96. The topological polar surface area (TPSA) is 50.6 Å². The molecule has 2 aromatic rings. The minimum atomic E-state index is -4.37. The molecule has 0 aliphatic rings. The second-order valence-electron chi connectivity index (χ2n) is 5.98. The van der Waals surface area contributed by atoms with Crippen molar-refractivity contribution in [3.8, 4) is 5.75 Å². The second kappa shape index (κ2) is 8.64. The van der Waals surface area contributed by atoms with Gasteiger partial charge >= 0.3 is 6.18 Å². The van der Waals surface area contributed by atoms with Gasteiger partial charge in [-0.15, -0.1) is 0 Å². The van der Waals surface area contributed by atoms with Crippen LogP contribution in [0.4, 0.5) is 13.2 Å². The summed E-state index contributed by atoms with van der Waals surface area (Å²) in [6.07, 6.45) is -0.436. The Morgan fingerprint density at radius 3 is 2.54 bits per heavy atom. The summed E-state index contributed by atoms with van der Waals surface area (Å²) >= 11 is 0. The molecule has 8 heteroatoms. The molecule has 142 valence electrons. The molecule has 0 saturated carbocycles. The number of aromatic nitrogens is 1. The van der Waals surface area contributed by atoms with Crippen LogP contribution >= 0.6 is 0 Å². The summed E-state index contributed by atoms with van der Waals surface area (Å²) in [5.41, 5.74) is 2.56. The van der Waals surface area contributed by atoms with E-state index in [1.165, 1.54) is 0 Å². The second-order valence-corrected chi connectivity index (χ2v) is 5.98. The van der Waals surface area contributed by atoms with Crippen molar-refractivity contribution in [1.82, 2.24) is 15.2 Å². The summed E-state index contributed by atoms with van der Waals surface area (Å²) in [4.78, 5) is 4.12. The zero-order valence-electron chi connectivity index (χ0n) is 15.0. The number of rotatable bonds is 6. The maximum absolute atomic E-state index is 12.4. The lowest BCUT2D eigenvalue weighted by atomic mass is 10.1. The van der Waals surface area contributed by atoms with E-state index in [0.717, 1.165) is 11.1 Å². The number of alkyl halides is 3. The Morgan fingerprint density at radius 2 is 1.92 bits per heavy atom. The minimum absolute atomic E-state index is 0.216. The molecule has 0 aliphatic heterocycles. The van der Waals surface area contributed by atoms with Crippen molar-refractivity contribution in [2.45, 2.75) is 26.2 Å². The Hall–Kier alpha value is -2.64. The fourth-order valence-corrected chi connectivity index (χ4v) is 2.35. The molecule has 0 saturated heterocycles. The highest BCUT2D eigenvalue weighted by molar-refractivity contribution is 5.79. The third-order valence-corrected chi connectivity index (χ3v) is 3.64. The van der Waals surface area contributed by atoms with Gasteiger partial charge < -0.3 is 19.9 Å². The number of nitrogens with one attached hydrogen (secondary N) is 2. The van der Waals surface area contributed by atoms with Crippen molar-refractivity contribution in [2.24, 2.45) is 12.0 Å². The van der Waals surface area contributed by atoms with Crippen LogP contribution in [0.3, 0.4) is 0 Å². The molecular formula is C18H23F3N4O. The Bertz CT molecular complexity index is 753. The molecule has 1 aromatic heterocycles. The van der Waals surface area contributed by atoms with E-state index < -0.39 is 12.8 Å². The lowest BCUT2D eigenvalue weighted by Crippen LogP contribution is -2.36. The average molecular weight is 368 g/mol. The van der Waals surface area contributed by atoms with E-state index in [0.29, 0.717) is 24.6 Å². The van der Waals surface area contributed by atoms with Gasteiger partial charge in [0, 0.05) is 45.1 Å². The predicted octanol–water partition coefficient (Wildman–Crippen LogP) is 3.14. The number of hydrogen-bond acceptors (Lipinski definition) is 2. The van der Waals surface area contributed by atoms with Crippen LogP contribution in [0, 0.1) is 6.92 Å². The van der Waals surface area contributed by atoms with Crippen LogP contribution in [0.1, 0.15) is 16.7 Å². The Kier molecular flexibility index (Phi) is 6.54.